The van der Waals surface area contributed by atoms with Crippen LogP contribution in [0.4, 0.5) is 0 Å². The molecule has 6 heteroatoms. The number of aromatic nitrogens is 1. The van der Waals surface area contributed by atoms with Crippen LogP contribution in [0.3, 0.4) is 0 Å². The summed E-state index contributed by atoms with van der Waals surface area (Å²) in [5, 5.41) is 4.23. The SMILES string of the molecule is CCCCOc1ccc(C(=O)NCCSc2c(-c3ccc(Br)cc3)[nH]c3ccccc23)cc1. The number of ether oxygens (including phenoxy) is 1. The molecule has 1 amide bonds. The normalized spacial score (nSPS) is 11.0. The fourth-order valence-electron chi connectivity index (χ4n) is 3.54. The van der Waals surface area contributed by atoms with Gasteiger partial charge in [-0.05, 0) is 54.4 Å². The highest BCUT2D eigenvalue weighted by atomic mass is 79.9. The van der Waals surface area contributed by atoms with Crippen LogP contribution in [0.2, 0.25) is 0 Å². The van der Waals surface area contributed by atoms with E-state index in [1.54, 1.807) is 11.8 Å². The molecular weight excluding hydrogens is 496 g/mol. The van der Waals surface area contributed by atoms with Crippen LogP contribution < -0.4 is 10.1 Å². The number of thioether (sulfide) groups is 1. The van der Waals surface area contributed by atoms with Crippen LogP contribution in [0, 0.1) is 0 Å². The quantitative estimate of drug-likeness (QED) is 0.169. The molecule has 0 aliphatic rings. The number of rotatable bonds is 10. The van der Waals surface area contributed by atoms with Crippen LogP contribution in [0.25, 0.3) is 22.2 Å². The van der Waals surface area contributed by atoms with Gasteiger partial charge in [-0.25, -0.2) is 0 Å². The van der Waals surface area contributed by atoms with Gasteiger partial charge in [0.05, 0.1) is 12.3 Å². The van der Waals surface area contributed by atoms with Crippen molar-refractivity contribution in [1.82, 2.24) is 10.3 Å². The van der Waals surface area contributed by atoms with Crippen LogP contribution in [0.5, 0.6) is 5.75 Å². The van der Waals surface area contributed by atoms with Crippen molar-refractivity contribution in [3.8, 4) is 17.0 Å². The van der Waals surface area contributed by atoms with Crippen molar-refractivity contribution >= 4 is 44.5 Å². The first kappa shape index (κ1) is 23.5. The molecule has 2 N–H and O–H groups in total. The van der Waals surface area contributed by atoms with Gasteiger partial charge in [0.1, 0.15) is 5.75 Å². The van der Waals surface area contributed by atoms with Gasteiger partial charge in [0.25, 0.3) is 5.91 Å². The number of hydrogen-bond acceptors (Lipinski definition) is 3. The van der Waals surface area contributed by atoms with E-state index < -0.39 is 0 Å². The number of carbonyl (C=O) groups excluding carboxylic acids is 1. The lowest BCUT2D eigenvalue weighted by Crippen LogP contribution is -2.25. The van der Waals surface area contributed by atoms with E-state index in [1.807, 2.05) is 30.3 Å². The van der Waals surface area contributed by atoms with Crippen molar-refractivity contribution in [2.45, 2.75) is 24.7 Å². The smallest absolute Gasteiger partial charge is 0.251 e. The Morgan fingerprint density at radius 3 is 2.55 bits per heavy atom. The Morgan fingerprint density at radius 2 is 1.79 bits per heavy atom. The maximum Gasteiger partial charge on any atom is 0.251 e. The van der Waals surface area contributed by atoms with Gasteiger partial charge in [-0.2, -0.15) is 0 Å². The molecule has 0 atom stereocenters. The van der Waals surface area contributed by atoms with Crippen molar-refractivity contribution in [3.05, 3.63) is 82.8 Å². The molecule has 1 aromatic heterocycles. The average molecular weight is 523 g/mol. The van der Waals surface area contributed by atoms with Crippen LogP contribution in [0.1, 0.15) is 30.1 Å². The van der Waals surface area contributed by atoms with Crippen LogP contribution in [0.15, 0.2) is 82.2 Å². The standard InChI is InChI=1S/C27H27BrN2O2S/c1-2-3-17-32-22-14-10-20(11-15-22)27(31)29-16-18-33-26-23-6-4-5-7-24(23)30-25(26)19-8-12-21(28)13-9-19/h4-15,30H,2-3,16-18H2,1H3,(H,29,31). The Bertz CT molecular complexity index is 1200. The molecule has 0 aliphatic heterocycles. The molecule has 33 heavy (non-hydrogen) atoms. The van der Waals surface area contributed by atoms with Gasteiger partial charge in [0.15, 0.2) is 0 Å². The minimum Gasteiger partial charge on any atom is -0.494 e. The summed E-state index contributed by atoms with van der Waals surface area (Å²) in [6, 6.07) is 24.0. The predicted octanol–water partition coefficient (Wildman–Crippen LogP) is 7.30. The van der Waals surface area contributed by atoms with Gasteiger partial charge in [-0.1, -0.05) is 59.6 Å². The third kappa shape index (κ3) is 6.01. The van der Waals surface area contributed by atoms with Gasteiger partial charge in [-0.15, -0.1) is 11.8 Å². The minimum atomic E-state index is -0.0669. The Labute approximate surface area is 207 Å². The molecule has 170 valence electrons. The van der Waals surface area contributed by atoms with E-state index in [2.05, 4.69) is 75.6 Å². The van der Waals surface area contributed by atoms with Crippen LogP contribution in [-0.2, 0) is 0 Å². The Hall–Kier alpha value is -2.70. The zero-order valence-corrected chi connectivity index (χ0v) is 21.0. The number of benzene rings is 3. The van der Waals surface area contributed by atoms with Gasteiger partial charge in [0.2, 0.25) is 0 Å². The molecule has 0 fully saturated rings. The van der Waals surface area contributed by atoms with Gasteiger partial charge >= 0.3 is 0 Å². The highest BCUT2D eigenvalue weighted by molar-refractivity contribution is 9.10. The molecule has 4 aromatic rings. The van der Waals surface area contributed by atoms with E-state index in [-0.39, 0.29) is 5.91 Å². The number of para-hydroxylation sites is 1. The van der Waals surface area contributed by atoms with Gasteiger partial charge in [0, 0.05) is 38.1 Å². The van der Waals surface area contributed by atoms with Crippen molar-refractivity contribution in [2.75, 3.05) is 18.9 Å². The van der Waals surface area contributed by atoms with E-state index in [0.29, 0.717) is 18.7 Å². The fraction of sp³-hybridized carbons (Fsp3) is 0.222. The van der Waals surface area contributed by atoms with Crippen molar-refractivity contribution in [2.24, 2.45) is 0 Å². The maximum atomic E-state index is 12.5. The lowest BCUT2D eigenvalue weighted by Gasteiger charge is -2.08. The first-order valence-electron chi connectivity index (χ1n) is 11.2. The number of amides is 1. The molecule has 0 saturated heterocycles. The molecule has 4 rings (SSSR count). The largest absolute Gasteiger partial charge is 0.494 e. The van der Waals surface area contributed by atoms with E-state index in [9.17, 15) is 4.79 Å². The monoisotopic (exact) mass is 522 g/mol. The molecule has 4 nitrogen and oxygen atoms in total. The zero-order valence-electron chi connectivity index (χ0n) is 18.6. The van der Waals surface area contributed by atoms with Crippen molar-refractivity contribution < 1.29 is 9.53 Å². The Balaban J connectivity index is 1.37. The van der Waals surface area contributed by atoms with Crippen LogP contribution >= 0.6 is 27.7 Å². The van der Waals surface area contributed by atoms with Crippen molar-refractivity contribution in [1.29, 1.82) is 0 Å². The van der Waals surface area contributed by atoms with Gasteiger partial charge in [-0.3, -0.25) is 4.79 Å². The number of hydrogen-bond donors (Lipinski definition) is 2. The molecule has 1 heterocycles. The zero-order chi connectivity index (χ0) is 23.0. The molecule has 0 aliphatic carbocycles. The Morgan fingerprint density at radius 1 is 1.03 bits per heavy atom. The molecule has 0 unspecified atom stereocenters. The molecule has 0 spiro atoms. The number of carbonyl (C=O) groups is 1. The summed E-state index contributed by atoms with van der Waals surface area (Å²) in [5.41, 5.74) is 4.01. The summed E-state index contributed by atoms with van der Waals surface area (Å²) in [5.74, 6) is 1.51. The summed E-state index contributed by atoms with van der Waals surface area (Å²) in [4.78, 5) is 17.3. The van der Waals surface area contributed by atoms with E-state index in [4.69, 9.17) is 4.74 Å². The third-order valence-electron chi connectivity index (χ3n) is 5.31. The number of fused-ring (bicyclic) bond motifs is 1. The van der Waals surface area contributed by atoms with Crippen LogP contribution in [-0.4, -0.2) is 29.8 Å². The topological polar surface area (TPSA) is 54.1 Å². The second kappa shape index (κ2) is 11.4. The summed E-state index contributed by atoms with van der Waals surface area (Å²) in [7, 11) is 0. The second-order valence-electron chi connectivity index (χ2n) is 7.71. The lowest BCUT2D eigenvalue weighted by molar-refractivity contribution is 0.0956. The van der Waals surface area contributed by atoms with E-state index in [1.165, 1.54) is 10.3 Å². The first-order valence-corrected chi connectivity index (χ1v) is 12.9. The summed E-state index contributed by atoms with van der Waals surface area (Å²) >= 11 is 5.27. The third-order valence-corrected chi connectivity index (χ3v) is 6.96. The summed E-state index contributed by atoms with van der Waals surface area (Å²) < 4.78 is 6.73. The van der Waals surface area contributed by atoms with E-state index >= 15 is 0 Å². The maximum absolute atomic E-state index is 12.5. The number of H-pyrrole nitrogens is 1. The lowest BCUT2D eigenvalue weighted by atomic mass is 10.1. The molecule has 3 aromatic carbocycles. The minimum absolute atomic E-state index is 0.0669. The van der Waals surface area contributed by atoms with Gasteiger partial charge < -0.3 is 15.0 Å². The molecule has 0 saturated carbocycles. The predicted molar refractivity (Wildman–Crippen MR) is 141 cm³/mol. The number of halogens is 1. The fourth-order valence-corrected chi connectivity index (χ4v) is 4.86. The second-order valence-corrected chi connectivity index (χ2v) is 9.73. The summed E-state index contributed by atoms with van der Waals surface area (Å²) in [6.45, 7) is 3.42. The highest BCUT2D eigenvalue weighted by Crippen LogP contribution is 2.37. The molecule has 0 radical (unpaired) electrons. The molecular formula is C27H27BrN2O2S. The first-order chi connectivity index (χ1) is 16.2. The molecule has 0 bridgehead atoms. The Kier molecular flexibility index (Phi) is 8.13. The summed E-state index contributed by atoms with van der Waals surface area (Å²) in [6.07, 6.45) is 2.13. The number of nitrogens with one attached hydrogen (secondary N) is 2. The highest BCUT2D eigenvalue weighted by Gasteiger charge is 2.14. The average Bonchev–Trinajstić information content (AvgIpc) is 3.21. The van der Waals surface area contributed by atoms with E-state index in [0.717, 1.165) is 45.6 Å². The van der Waals surface area contributed by atoms with Crippen molar-refractivity contribution in [3.63, 3.8) is 0 Å². The number of unbranched alkanes of at least 4 members (excludes halogenated alkanes) is 1. The number of aromatic amines is 1.